The summed E-state index contributed by atoms with van der Waals surface area (Å²) in [7, 11) is 0. The third-order valence-corrected chi connectivity index (χ3v) is 3.03. The quantitative estimate of drug-likeness (QED) is 0.700. The van der Waals surface area contributed by atoms with Crippen molar-refractivity contribution in [2.24, 2.45) is 0 Å². The van der Waals surface area contributed by atoms with Crippen LogP contribution in [0.15, 0.2) is 24.3 Å². The van der Waals surface area contributed by atoms with Crippen LogP contribution in [0.2, 0.25) is 0 Å². The molecule has 1 unspecified atom stereocenters. The number of alkyl halides is 2. The van der Waals surface area contributed by atoms with Gasteiger partial charge in [-0.2, -0.15) is 0 Å². The highest BCUT2D eigenvalue weighted by molar-refractivity contribution is 5.31. The van der Waals surface area contributed by atoms with Crippen LogP contribution >= 0.6 is 0 Å². The number of rotatable bonds is 4. The van der Waals surface area contributed by atoms with Crippen molar-refractivity contribution in [3.63, 3.8) is 0 Å². The van der Waals surface area contributed by atoms with Crippen molar-refractivity contribution in [2.75, 3.05) is 0 Å². The van der Waals surface area contributed by atoms with E-state index >= 15 is 0 Å². The smallest absolute Gasteiger partial charge is 0.206 e. The molecule has 1 saturated carbocycles. The van der Waals surface area contributed by atoms with Gasteiger partial charge < -0.3 is 0 Å². The second-order valence-corrected chi connectivity index (χ2v) is 4.36. The van der Waals surface area contributed by atoms with Crippen LogP contribution in [0, 0.1) is 0 Å². The fraction of sp³-hybridized carbons (Fsp3) is 0.538. The van der Waals surface area contributed by atoms with E-state index in [-0.39, 0.29) is 6.42 Å². The number of halogens is 2. The minimum Gasteiger partial charge on any atom is -0.206 e. The summed E-state index contributed by atoms with van der Waals surface area (Å²) >= 11 is 0. The summed E-state index contributed by atoms with van der Waals surface area (Å²) in [4.78, 5) is 0. The average molecular weight is 210 g/mol. The minimum atomic E-state index is -2.44. The number of aryl methyl sites for hydroxylation is 1. The molecular weight excluding hydrogens is 194 g/mol. The number of hydrogen-bond acceptors (Lipinski definition) is 0. The summed E-state index contributed by atoms with van der Waals surface area (Å²) in [5.74, 6) is -2.96. The molecule has 0 bridgehead atoms. The van der Waals surface area contributed by atoms with Crippen LogP contribution in [0.25, 0.3) is 0 Å². The molecule has 2 rings (SSSR count). The highest BCUT2D eigenvalue weighted by Crippen LogP contribution is 2.55. The Labute approximate surface area is 89.3 Å². The summed E-state index contributed by atoms with van der Waals surface area (Å²) in [5.41, 5.74) is 2.05. The first kappa shape index (κ1) is 10.6. The summed E-state index contributed by atoms with van der Waals surface area (Å²) in [5, 5.41) is 0. The van der Waals surface area contributed by atoms with E-state index in [0.29, 0.717) is 0 Å². The summed E-state index contributed by atoms with van der Waals surface area (Å²) in [6.07, 6.45) is 3.42. The molecule has 0 nitrogen and oxygen atoms in total. The second-order valence-electron chi connectivity index (χ2n) is 4.36. The Bertz CT molecular complexity index is 327. The van der Waals surface area contributed by atoms with E-state index in [9.17, 15) is 8.78 Å². The molecule has 0 aromatic heterocycles. The molecule has 0 spiro atoms. The van der Waals surface area contributed by atoms with E-state index in [0.717, 1.165) is 12.0 Å². The Morgan fingerprint density at radius 2 is 1.87 bits per heavy atom. The Hall–Kier alpha value is -0.920. The fourth-order valence-electron chi connectivity index (χ4n) is 1.87. The third-order valence-electron chi connectivity index (χ3n) is 3.03. The molecule has 0 N–H and O–H groups in total. The van der Waals surface area contributed by atoms with Gasteiger partial charge in [0.05, 0.1) is 5.92 Å². The first-order chi connectivity index (χ1) is 7.13. The van der Waals surface area contributed by atoms with Crippen molar-refractivity contribution in [1.82, 2.24) is 0 Å². The van der Waals surface area contributed by atoms with Gasteiger partial charge in [0.1, 0.15) is 0 Å². The molecule has 1 aliphatic rings. The first-order valence-corrected chi connectivity index (χ1v) is 5.60. The number of benzene rings is 1. The maximum Gasteiger partial charge on any atom is 0.255 e. The van der Waals surface area contributed by atoms with Gasteiger partial charge in [0.15, 0.2) is 0 Å². The normalized spacial score (nSPS) is 22.7. The van der Waals surface area contributed by atoms with Crippen molar-refractivity contribution in [3.05, 3.63) is 35.4 Å². The fourth-order valence-corrected chi connectivity index (χ4v) is 1.87. The van der Waals surface area contributed by atoms with Crippen LogP contribution in [0.4, 0.5) is 8.78 Å². The molecule has 1 aromatic rings. The van der Waals surface area contributed by atoms with Gasteiger partial charge in [0.2, 0.25) is 0 Å². The molecule has 1 aliphatic carbocycles. The second kappa shape index (κ2) is 3.92. The number of hydrogen-bond donors (Lipinski definition) is 0. The highest BCUT2D eigenvalue weighted by atomic mass is 19.3. The van der Waals surface area contributed by atoms with Gasteiger partial charge in [-0.15, -0.1) is 0 Å². The molecule has 2 heteroatoms. The predicted molar refractivity (Wildman–Crippen MR) is 57.4 cm³/mol. The van der Waals surface area contributed by atoms with Crippen LogP contribution in [0.3, 0.4) is 0 Å². The molecular formula is C13H16F2. The molecule has 1 fully saturated rings. The average Bonchev–Trinajstić information content (AvgIpc) is 2.86. The SMILES string of the molecule is CCCCc1ccc(C2CC2(F)F)cc1. The minimum absolute atomic E-state index is 0.0291. The Morgan fingerprint density at radius 3 is 2.33 bits per heavy atom. The lowest BCUT2D eigenvalue weighted by molar-refractivity contribution is 0.112. The first-order valence-electron chi connectivity index (χ1n) is 5.60. The van der Waals surface area contributed by atoms with Crippen LogP contribution in [0.1, 0.15) is 43.2 Å². The lowest BCUT2D eigenvalue weighted by Gasteiger charge is -2.02. The Morgan fingerprint density at radius 1 is 1.27 bits per heavy atom. The monoisotopic (exact) mass is 210 g/mol. The Balaban J connectivity index is 1.99. The van der Waals surface area contributed by atoms with Gasteiger partial charge in [0.25, 0.3) is 5.92 Å². The zero-order valence-corrected chi connectivity index (χ0v) is 8.97. The summed E-state index contributed by atoms with van der Waals surface area (Å²) < 4.78 is 25.6. The van der Waals surface area contributed by atoms with Crippen molar-refractivity contribution in [2.45, 2.75) is 44.4 Å². The molecule has 0 aliphatic heterocycles. The molecule has 15 heavy (non-hydrogen) atoms. The molecule has 0 saturated heterocycles. The van der Waals surface area contributed by atoms with Gasteiger partial charge in [-0.25, -0.2) is 8.78 Å². The van der Waals surface area contributed by atoms with Crippen molar-refractivity contribution >= 4 is 0 Å². The van der Waals surface area contributed by atoms with Gasteiger partial charge in [-0.1, -0.05) is 37.6 Å². The maximum absolute atomic E-state index is 12.8. The lowest BCUT2D eigenvalue weighted by atomic mass is 10.0. The van der Waals surface area contributed by atoms with Crippen LogP contribution < -0.4 is 0 Å². The van der Waals surface area contributed by atoms with Gasteiger partial charge in [-0.3, -0.25) is 0 Å². The van der Waals surface area contributed by atoms with Gasteiger partial charge in [0, 0.05) is 6.42 Å². The zero-order chi connectivity index (χ0) is 10.9. The third kappa shape index (κ3) is 2.36. The molecule has 0 amide bonds. The van der Waals surface area contributed by atoms with Crippen LogP contribution in [0.5, 0.6) is 0 Å². The topological polar surface area (TPSA) is 0 Å². The highest BCUT2D eigenvalue weighted by Gasteiger charge is 2.57. The molecule has 1 atom stereocenters. The van der Waals surface area contributed by atoms with Crippen LogP contribution in [-0.4, -0.2) is 5.92 Å². The number of unbranched alkanes of at least 4 members (excludes halogenated alkanes) is 1. The largest absolute Gasteiger partial charge is 0.255 e. The lowest BCUT2D eigenvalue weighted by Crippen LogP contribution is -1.93. The van der Waals surface area contributed by atoms with E-state index in [1.54, 1.807) is 0 Å². The summed E-state index contributed by atoms with van der Waals surface area (Å²) in [6.45, 7) is 2.15. The van der Waals surface area contributed by atoms with Crippen molar-refractivity contribution < 1.29 is 8.78 Å². The van der Waals surface area contributed by atoms with E-state index in [4.69, 9.17) is 0 Å². The molecule has 0 radical (unpaired) electrons. The molecule has 1 aromatic carbocycles. The predicted octanol–water partition coefficient (Wildman–Crippen LogP) is 4.15. The van der Waals surface area contributed by atoms with E-state index in [1.165, 1.54) is 18.4 Å². The van der Waals surface area contributed by atoms with Gasteiger partial charge >= 0.3 is 0 Å². The van der Waals surface area contributed by atoms with Crippen LogP contribution in [-0.2, 0) is 6.42 Å². The zero-order valence-electron chi connectivity index (χ0n) is 8.97. The summed E-state index contributed by atoms with van der Waals surface area (Å²) in [6, 6.07) is 7.69. The van der Waals surface area contributed by atoms with Gasteiger partial charge in [-0.05, 0) is 24.0 Å². The van der Waals surface area contributed by atoms with E-state index in [2.05, 4.69) is 6.92 Å². The molecule has 0 heterocycles. The van der Waals surface area contributed by atoms with E-state index < -0.39 is 11.8 Å². The van der Waals surface area contributed by atoms with E-state index in [1.807, 2.05) is 24.3 Å². The standard InChI is InChI=1S/C13H16F2/c1-2-3-4-10-5-7-11(8-6-10)12-9-13(12,14)15/h5-8,12H,2-4,9H2,1H3. The van der Waals surface area contributed by atoms with Crippen molar-refractivity contribution in [1.29, 1.82) is 0 Å². The maximum atomic E-state index is 12.8. The molecule has 82 valence electrons. The van der Waals surface area contributed by atoms with Crippen molar-refractivity contribution in [3.8, 4) is 0 Å². The Kier molecular flexibility index (Phi) is 2.76.